The summed E-state index contributed by atoms with van der Waals surface area (Å²) < 4.78 is 0. The molecule has 0 aromatic heterocycles. The predicted octanol–water partition coefficient (Wildman–Crippen LogP) is 8.66. The third kappa shape index (κ3) is 4.30. The first kappa shape index (κ1) is 24.3. The lowest BCUT2D eigenvalue weighted by Gasteiger charge is -2.52. The zero-order valence-corrected chi connectivity index (χ0v) is 21.2. The fourth-order valence-corrected chi connectivity index (χ4v) is 3.51. The minimum absolute atomic E-state index is 0.0647. The van der Waals surface area contributed by atoms with E-state index in [9.17, 15) is 0 Å². The van der Waals surface area contributed by atoms with Crippen LogP contribution in [0, 0.1) is 16.2 Å². The lowest BCUT2D eigenvalue weighted by Crippen LogP contribution is -2.46. The van der Waals surface area contributed by atoms with Crippen LogP contribution in [-0.2, 0) is 16.2 Å². The van der Waals surface area contributed by atoms with Gasteiger partial charge in [0.15, 0.2) is 0 Å². The van der Waals surface area contributed by atoms with Gasteiger partial charge in [-0.05, 0) is 49.2 Å². The van der Waals surface area contributed by atoms with E-state index in [0.29, 0.717) is 0 Å². The average Bonchev–Trinajstić information content (AvgIpc) is 2.43. The molecule has 0 spiro atoms. The topological polar surface area (TPSA) is 0 Å². The molecule has 1 aromatic carbocycles. The first-order valence-electron chi connectivity index (χ1n) is 10.7. The highest BCUT2D eigenvalue weighted by molar-refractivity contribution is 5.42. The Morgan fingerprint density at radius 1 is 0.407 bits per heavy atom. The molecule has 0 aliphatic heterocycles. The largest absolute Gasteiger partial charge is 0.0596 e. The molecule has 0 radical (unpaired) electrons. The second-order valence-corrected chi connectivity index (χ2v) is 13.4. The smallest absolute Gasteiger partial charge is 0.00472 e. The van der Waals surface area contributed by atoms with E-state index in [4.69, 9.17) is 0 Å². The van der Waals surface area contributed by atoms with Crippen molar-refractivity contribution in [3.63, 3.8) is 0 Å². The number of hydrogen-bond acceptors (Lipinski definition) is 0. The summed E-state index contributed by atoms with van der Waals surface area (Å²) in [6, 6.07) is 7.46. The molecular formula is C27H48. The summed E-state index contributed by atoms with van der Waals surface area (Å²) in [6.45, 7) is 35.8. The van der Waals surface area contributed by atoms with Crippen molar-refractivity contribution in [1.82, 2.24) is 0 Å². The Balaban J connectivity index is 3.83. The third-order valence-electron chi connectivity index (χ3n) is 8.55. The minimum atomic E-state index is 0.0647. The fourth-order valence-electron chi connectivity index (χ4n) is 3.51. The van der Waals surface area contributed by atoms with Crippen LogP contribution in [0.15, 0.2) is 18.2 Å². The van der Waals surface area contributed by atoms with Gasteiger partial charge in [-0.2, -0.15) is 0 Å². The van der Waals surface area contributed by atoms with Gasteiger partial charge < -0.3 is 0 Å². The van der Waals surface area contributed by atoms with Gasteiger partial charge >= 0.3 is 0 Å². The number of hydrogen-bond donors (Lipinski definition) is 0. The van der Waals surface area contributed by atoms with Crippen LogP contribution in [0.3, 0.4) is 0 Å². The highest BCUT2D eigenvalue weighted by Crippen LogP contribution is 2.53. The van der Waals surface area contributed by atoms with Gasteiger partial charge in [-0.25, -0.2) is 0 Å². The van der Waals surface area contributed by atoms with Crippen molar-refractivity contribution in [2.75, 3.05) is 0 Å². The summed E-state index contributed by atoms with van der Waals surface area (Å²) in [6.07, 6.45) is 0. The average molecular weight is 373 g/mol. The normalized spacial score (nSPS) is 15.2. The molecule has 0 atom stereocenters. The molecule has 0 aliphatic carbocycles. The molecule has 27 heavy (non-hydrogen) atoms. The zero-order chi connectivity index (χ0) is 21.9. The van der Waals surface area contributed by atoms with Gasteiger partial charge in [0, 0.05) is 0 Å². The maximum atomic E-state index is 2.51. The first-order chi connectivity index (χ1) is 11.6. The summed E-state index contributed by atoms with van der Waals surface area (Å²) >= 11 is 0. The van der Waals surface area contributed by atoms with E-state index >= 15 is 0 Å². The van der Waals surface area contributed by atoms with E-state index < -0.39 is 0 Å². The van der Waals surface area contributed by atoms with Gasteiger partial charge in [0.2, 0.25) is 0 Å². The number of rotatable bonds is 3. The second kappa shape index (κ2) is 6.64. The maximum Gasteiger partial charge on any atom is -0.00472 e. The maximum absolute atomic E-state index is 2.51. The van der Waals surface area contributed by atoms with Gasteiger partial charge in [0.1, 0.15) is 0 Å². The third-order valence-corrected chi connectivity index (χ3v) is 8.55. The quantitative estimate of drug-likeness (QED) is 0.498. The molecule has 0 fully saturated rings. The van der Waals surface area contributed by atoms with Gasteiger partial charge in [-0.1, -0.05) is 122 Å². The van der Waals surface area contributed by atoms with E-state index in [1.165, 1.54) is 16.7 Å². The van der Waals surface area contributed by atoms with Crippen LogP contribution in [-0.4, -0.2) is 0 Å². The van der Waals surface area contributed by atoms with Crippen molar-refractivity contribution < 1.29 is 0 Å². The van der Waals surface area contributed by atoms with Crippen molar-refractivity contribution in [2.45, 2.75) is 120 Å². The van der Waals surface area contributed by atoms with Crippen molar-refractivity contribution >= 4 is 0 Å². The Kier molecular flexibility index (Phi) is 5.96. The standard InChI is InChI=1S/C27H48/c1-22(2,3)19-16-20(25(10,11)23(4,5)6)18-21(17-19)26(12,13)27(14,15)24(7,8)9/h16-18H,1-15H3. The van der Waals surface area contributed by atoms with Gasteiger partial charge in [0.05, 0.1) is 0 Å². The van der Waals surface area contributed by atoms with E-state index in [1.807, 2.05) is 0 Å². The molecular weight excluding hydrogens is 324 g/mol. The minimum Gasteiger partial charge on any atom is -0.0596 e. The van der Waals surface area contributed by atoms with Crippen LogP contribution in [0.5, 0.6) is 0 Å². The lowest BCUT2D eigenvalue weighted by atomic mass is 9.53. The highest BCUT2D eigenvalue weighted by atomic mass is 14.5. The summed E-state index contributed by atoms with van der Waals surface area (Å²) in [4.78, 5) is 0. The lowest BCUT2D eigenvalue weighted by molar-refractivity contribution is 0.0453. The summed E-state index contributed by atoms with van der Waals surface area (Å²) in [5.41, 5.74) is 5.27. The Morgan fingerprint density at radius 3 is 1.04 bits per heavy atom. The molecule has 156 valence electrons. The highest BCUT2D eigenvalue weighted by Gasteiger charge is 2.47. The monoisotopic (exact) mass is 372 g/mol. The van der Waals surface area contributed by atoms with Crippen LogP contribution in [0.25, 0.3) is 0 Å². The fraction of sp³-hybridized carbons (Fsp3) is 0.778. The molecule has 0 saturated heterocycles. The Morgan fingerprint density at radius 2 is 0.741 bits per heavy atom. The molecule has 0 unspecified atom stereocenters. The summed E-state index contributed by atoms with van der Waals surface area (Å²) in [5, 5.41) is 0. The van der Waals surface area contributed by atoms with Gasteiger partial charge in [-0.3, -0.25) is 0 Å². The Hall–Kier alpha value is -0.780. The molecule has 1 rings (SSSR count). The van der Waals surface area contributed by atoms with Crippen LogP contribution < -0.4 is 0 Å². The zero-order valence-electron chi connectivity index (χ0n) is 21.2. The molecule has 0 aliphatic rings. The second-order valence-electron chi connectivity index (χ2n) is 13.4. The molecule has 0 heteroatoms. The SMILES string of the molecule is CC(C)(C)c1cc(C(C)(C)C(C)(C)C)cc(C(C)(C)C(C)(C)C(C)(C)C)c1. The van der Waals surface area contributed by atoms with Crippen LogP contribution in [0.1, 0.15) is 121 Å². The first-order valence-corrected chi connectivity index (χ1v) is 10.7. The molecule has 0 N–H and O–H groups in total. The molecule has 0 amide bonds. The number of benzene rings is 1. The molecule has 0 saturated carbocycles. The van der Waals surface area contributed by atoms with E-state index in [1.54, 1.807) is 0 Å². The van der Waals surface area contributed by atoms with Crippen LogP contribution >= 0.6 is 0 Å². The summed E-state index contributed by atoms with van der Waals surface area (Å²) in [7, 11) is 0. The summed E-state index contributed by atoms with van der Waals surface area (Å²) in [5.74, 6) is 0. The van der Waals surface area contributed by atoms with Crippen molar-refractivity contribution in [1.29, 1.82) is 0 Å². The van der Waals surface area contributed by atoms with Crippen LogP contribution in [0.4, 0.5) is 0 Å². The predicted molar refractivity (Wildman–Crippen MR) is 124 cm³/mol. The Bertz CT molecular complexity index is 661. The van der Waals surface area contributed by atoms with E-state index in [-0.39, 0.29) is 32.5 Å². The van der Waals surface area contributed by atoms with Crippen molar-refractivity contribution in [3.05, 3.63) is 34.9 Å². The molecule has 0 nitrogen and oxygen atoms in total. The van der Waals surface area contributed by atoms with Crippen molar-refractivity contribution in [2.24, 2.45) is 16.2 Å². The Labute approximate surface area is 171 Å². The van der Waals surface area contributed by atoms with Gasteiger partial charge in [0.25, 0.3) is 0 Å². The van der Waals surface area contributed by atoms with Gasteiger partial charge in [-0.15, -0.1) is 0 Å². The van der Waals surface area contributed by atoms with E-state index in [2.05, 4.69) is 122 Å². The molecule has 0 bridgehead atoms. The van der Waals surface area contributed by atoms with E-state index in [0.717, 1.165) is 0 Å². The van der Waals surface area contributed by atoms with Crippen LogP contribution in [0.2, 0.25) is 0 Å². The molecule has 0 heterocycles. The van der Waals surface area contributed by atoms with Crippen molar-refractivity contribution in [3.8, 4) is 0 Å². The molecule has 1 aromatic rings.